The average Bonchev–Trinajstić information content (AvgIpc) is 3.08. The largest absolute Gasteiger partial charge is 0.349 e. The highest BCUT2D eigenvalue weighted by molar-refractivity contribution is 6.53. The third-order valence-electron chi connectivity index (χ3n) is 6.09. The topological polar surface area (TPSA) is 78.5 Å². The van der Waals surface area contributed by atoms with Gasteiger partial charge in [0, 0.05) is 22.0 Å². The number of benzene rings is 3. The number of nitrogens with zero attached hydrogens (tertiary/aromatic N) is 1. The molecule has 184 valence electrons. The minimum absolute atomic E-state index is 0.0631. The van der Waals surface area contributed by atoms with Crippen LogP contribution in [0.2, 0.25) is 5.02 Å². The molecule has 3 aromatic carbocycles. The molecule has 1 aliphatic rings. The van der Waals surface area contributed by atoms with Crippen molar-refractivity contribution >= 4 is 58.0 Å². The number of rotatable bonds is 7. The predicted octanol–water partition coefficient (Wildman–Crippen LogP) is 6.46. The summed E-state index contributed by atoms with van der Waals surface area (Å²) in [6.45, 7) is 5.92. The van der Waals surface area contributed by atoms with E-state index in [-0.39, 0.29) is 16.6 Å². The molecule has 6 nitrogen and oxygen atoms in total. The van der Waals surface area contributed by atoms with Crippen molar-refractivity contribution in [1.82, 2.24) is 0 Å². The SMILES string of the molecule is CCc1cccc(CC)c1NC(=O)c1ccc(C)c(NC2=C(Cl)C(=O)N(c3cccc(Cl)c3)C2=O)c1. The molecule has 36 heavy (non-hydrogen) atoms. The lowest BCUT2D eigenvalue weighted by Crippen LogP contribution is -2.32. The van der Waals surface area contributed by atoms with Crippen LogP contribution in [0.4, 0.5) is 17.1 Å². The van der Waals surface area contributed by atoms with Gasteiger partial charge in [-0.05, 0) is 66.8 Å². The molecule has 0 unspecified atom stereocenters. The Bertz CT molecular complexity index is 1390. The molecule has 0 saturated heterocycles. The van der Waals surface area contributed by atoms with E-state index in [0.29, 0.717) is 22.0 Å². The predicted molar refractivity (Wildman–Crippen MR) is 145 cm³/mol. The Balaban J connectivity index is 1.61. The van der Waals surface area contributed by atoms with E-state index < -0.39 is 11.8 Å². The highest BCUT2D eigenvalue weighted by Gasteiger charge is 2.39. The van der Waals surface area contributed by atoms with Gasteiger partial charge in [0.2, 0.25) is 0 Å². The highest BCUT2D eigenvalue weighted by atomic mass is 35.5. The number of amides is 3. The third-order valence-corrected chi connectivity index (χ3v) is 6.68. The van der Waals surface area contributed by atoms with Crippen LogP contribution in [0.5, 0.6) is 0 Å². The van der Waals surface area contributed by atoms with E-state index in [9.17, 15) is 14.4 Å². The summed E-state index contributed by atoms with van der Waals surface area (Å²) in [7, 11) is 0. The van der Waals surface area contributed by atoms with Gasteiger partial charge in [-0.25, -0.2) is 4.90 Å². The summed E-state index contributed by atoms with van der Waals surface area (Å²) in [5, 5.41) is 6.18. The fourth-order valence-corrected chi connectivity index (χ4v) is 4.48. The van der Waals surface area contributed by atoms with Crippen LogP contribution in [0, 0.1) is 6.92 Å². The monoisotopic (exact) mass is 521 g/mol. The van der Waals surface area contributed by atoms with Crippen molar-refractivity contribution in [1.29, 1.82) is 0 Å². The van der Waals surface area contributed by atoms with Crippen molar-refractivity contribution in [2.75, 3.05) is 15.5 Å². The van der Waals surface area contributed by atoms with Crippen LogP contribution in [0.3, 0.4) is 0 Å². The molecular weight excluding hydrogens is 497 g/mol. The van der Waals surface area contributed by atoms with Gasteiger partial charge in [0.1, 0.15) is 10.7 Å². The van der Waals surface area contributed by atoms with Crippen molar-refractivity contribution in [3.8, 4) is 0 Å². The molecule has 0 aromatic heterocycles. The smallest absolute Gasteiger partial charge is 0.283 e. The van der Waals surface area contributed by atoms with E-state index in [1.54, 1.807) is 36.4 Å². The number of imide groups is 1. The Morgan fingerprint density at radius 3 is 2.19 bits per heavy atom. The number of carbonyl (C=O) groups is 3. The lowest BCUT2D eigenvalue weighted by atomic mass is 10.0. The molecule has 0 bridgehead atoms. The summed E-state index contributed by atoms with van der Waals surface area (Å²) in [6.07, 6.45) is 1.58. The molecule has 4 rings (SSSR count). The summed E-state index contributed by atoms with van der Waals surface area (Å²) in [6, 6.07) is 17.5. The van der Waals surface area contributed by atoms with Gasteiger partial charge in [0.25, 0.3) is 17.7 Å². The van der Waals surface area contributed by atoms with E-state index in [2.05, 4.69) is 10.6 Å². The highest BCUT2D eigenvalue weighted by Crippen LogP contribution is 2.32. The second-order valence-corrected chi connectivity index (χ2v) is 9.20. The van der Waals surface area contributed by atoms with Crippen LogP contribution in [0.1, 0.15) is 40.9 Å². The molecule has 2 N–H and O–H groups in total. The minimum Gasteiger partial charge on any atom is -0.349 e. The quantitative estimate of drug-likeness (QED) is 0.349. The Morgan fingerprint density at radius 2 is 1.56 bits per heavy atom. The summed E-state index contributed by atoms with van der Waals surface area (Å²) in [5.74, 6) is -1.53. The van der Waals surface area contributed by atoms with Gasteiger partial charge in [-0.1, -0.05) is 67.4 Å². The minimum atomic E-state index is -0.652. The summed E-state index contributed by atoms with van der Waals surface area (Å²) < 4.78 is 0. The Hall–Kier alpha value is -3.61. The summed E-state index contributed by atoms with van der Waals surface area (Å²) in [5.41, 5.74) is 4.85. The fraction of sp³-hybridized carbons (Fsp3) is 0.179. The first kappa shape index (κ1) is 25.5. The van der Waals surface area contributed by atoms with Crippen molar-refractivity contribution in [3.05, 3.63) is 98.7 Å². The number of para-hydroxylation sites is 1. The number of aryl methyl sites for hydroxylation is 3. The molecular formula is C28H25Cl2N3O3. The normalized spacial score (nSPS) is 13.4. The second kappa shape index (κ2) is 10.6. The first-order chi connectivity index (χ1) is 17.2. The number of anilines is 3. The van der Waals surface area contributed by atoms with E-state index in [1.165, 1.54) is 6.07 Å². The molecule has 1 heterocycles. The first-order valence-electron chi connectivity index (χ1n) is 11.6. The molecule has 8 heteroatoms. The fourth-order valence-electron chi connectivity index (χ4n) is 4.08. The van der Waals surface area contributed by atoms with E-state index in [4.69, 9.17) is 23.2 Å². The molecule has 3 aromatic rings. The number of hydrogen-bond donors (Lipinski definition) is 2. The number of halogens is 2. The van der Waals surface area contributed by atoms with E-state index in [0.717, 1.165) is 40.1 Å². The maximum atomic E-state index is 13.2. The van der Waals surface area contributed by atoms with Gasteiger partial charge in [-0.3, -0.25) is 14.4 Å². The second-order valence-electron chi connectivity index (χ2n) is 8.38. The molecule has 1 aliphatic heterocycles. The number of hydrogen-bond acceptors (Lipinski definition) is 4. The molecule has 0 atom stereocenters. The zero-order valence-corrected chi connectivity index (χ0v) is 21.6. The summed E-state index contributed by atoms with van der Waals surface area (Å²) in [4.78, 5) is 40.1. The van der Waals surface area contributed by atoms with Crippen LogP contribution >= 0.6 is 23.2 Å². The average molecular weight is 522 g/mol. The van der Waals surface area contributed by atoms with E-state index >= 15 is 0 Å². The number of carbonyl (C=O) groups excluding carboxylic acids is 3. The van der Waals surface area contributed by atoms with Crippen molar-refractivity contribution in [2.45, 2.75) is 33.6 Å². The van der Waals surface area contributed by atoms with Crippen LogP contribution in [0.15, 0.2) is 71.4 Å². The lowest BCUT2D eigenvalue weighted by Gasteiger charge is -2.17. The molecule has 0 spiro atoms. The molecule has 0 fully saturated rings. The van der Waals surface area contributed by atoms with Gasteiger partial charge in [-0.2, -0.15) is 0 Å². The van der Waals surface area contributed by atoms with Gasteiger partial charge in [0.15, 0.2) is 0 Å². The molecule has 0 aliphatic carbocycles. The third kappa shape index (κ3) is 4.87. The lowest BCUT2D eigenvalue weighted by molar-refractivity contribution is -0.120. The Morgan fingerprint density at radius 1 is 0.889 bits per heavy atom. The van der Waals surface area contributed by atoms with Gasteiger partial charge < -0.3 is 10.6 Å². The maximum Gasteiger partial charge on any atom is 0.283 e. The van der Waals surface area contributed by atoms with Gasteiger partial charge >= 0.3 is 0 Å². The van der Waals surface area contributed by atoms with Crippen LogP contribution in [-0.4, -0.2) is 17.7 Å². The van der Waals surface area contributed by atoms with Crippen molar-refractivity contribution in [2.24, 2.45) is 0 Å². The maximum absolute atomic E-state index is 13.2. The van der Waals surface area contributed by atoms with E-state index in [1.807, 2.05) is 39.0 Å². The van der Waals surface area contributed by atoms with Crippen LogP contribution in [0.25, 0.3) is 0 Å². The van der Waals surface area contributed by atoms with Crippen LogP contribution < -0.4 is 15.5 Å². The Kier molecular flexibility index (Phi) is 7.48. The first-order valence-corrected chi connectivity index (χ1v) is 12.3. The molecule has 0 radical (unpaired) electrons. The zero-order valence-electron chi connectivity index (χ0n) is 20.1. The van der Waals surface area contributed by atoms with Gasteiger partial charge in [-0.15, -0.1) is 0 Å². The van der Waals surface area contributed by atoms with Gasteiger partial charge in [0.05, 0.1) is 5.69 Å². The number of nitrogens with one attached hydrogen (secondary N) is 2. The zero-order chi connectivity index (χ0) is 26.0. The summed E-state index contributed by atoms with van der Waals surface area (Å²) >= 11 is 12.3. The Labute approximate surface area is 219 Å². The molecule has 3 amide bonds. The van der Waals surface area contributed by atoms with Crippen molar-refractivity contribution in [3.63, 3.8) is 0 Å². The molecule has 0 saturated carbocycles. The van der Waals surface area contributed by atoms with Crippen LogP contribution in [-0.2, 0) is 22.4 Å². The standard InChI is InChI=1S/C28H25Cl2N3O3/c1-4-17-8-6-9-18(5-2)24(17)32-26(34)19-13-12-16(3)22(14-19)31-25-23(30)27(35)33(28(25)36)21-11-7-10-20(29)15-21/h6-15,31H,4-5H2,1-3H3,(H,32,34). The van der Waals surface area contributed by atoms with Crippen molar-refractivity contribution < 1.29 is 14.4 Å².